The Morgan fingerprint density at radius 2 is 1.89 bits per heavy atom. The Labute approximate surface area is 157 Å². The van der Waals surface area contributed by atoms with E-state index in [1.165, 1.54) is 22.5 Å². The third-order valence-corrected chi connectivity index (χ3v) is 6.27. The summed E-state index contributed by atoms with van der Waals surface area (Å²) in [4.78, 5) is 22.3. The zero-order valence-electron chi connectivity index (χ0n) is 14.5. The summed E-state index contributed by atoms with van der Waals surface area (Å²) in [6.45, 7) is 0.678. The number of carbonyl (C=O) groups is 1. The number of fused-ring (bicyclic) bond motifs is 1. The number of sulfonamides is 1. The zero-order chi connectivity index (χ0) is 19.4. The molecule has 0 fully saturated rings. The second-order valence-electron chi connectivity index (χ2n) is 6.23. The first-order chi connectivity index (χ1) is 12.9. The molecule has 1 amide bonds. The SMILES string of the molecule is O=C(NCCS(=O)(=O)N1CCc2ccccc2C1)c1cccc([N+](=O)[O-])c1. The van der Waals surface area contributed by atoms with Crippen molar-refractivity contribution in [1.82, 2.24) is 9.62 Å². The maximum absolute atomic E-state index is 12.5. The Hall–Kier alpha value is -2.78. The molecule has 0 unspecified atom stereocenters. The van der Waals surface area contributed by atoms with Crippen LogP contribution in [0.4, 0.5) is 5.69 Å². The fraction of sp³-hybridized carbons (Fsp3) is 0.278. The third kappa shape index (κ3) is 4.50. The maximum atomic E-state index is 12.5. The van der Waals surface area contributed by atoms with Crippen molar-refractivity contribution in [3.63, 3.8) is 0 Å². The van der Waals surface area contributed by atoms with Crippen LogP contribution in [-0.4, -0.2) is 42.4 Å². The predicted octanol–water partition coefficient (Wildman–Crippen LogP) is 1.71. The molecule has 8 nitrogen and oxygen atoms in total. The Morgan fingerprint density at radius 3 is 2.63 bits per heavy atom. The van der Waals surface area contributed by atoms with E-state index < -0.39 is 20.9 Å². The summed E-state index contributed by atoms with van der Waals surface area (Å²) >= 11 is 0. The lowest BCUT2D eigenvalue weighted by Crippen LogP contribution is -2.40. The Kier molecular flexibility index (Phi) is 5.52. The average molecular weight is 389 g/mol. The number of nitro benzene ring substituents is 1. The minimum Gasteiger partial charge on any atom is -0.351 e. The van der Waals surface area contributed by atoms with E-state index in [1.54, 1.807) is 0 Å². The number of nitro groups is 1. The van der Waals surface area contributed by atoms with Gasteiger partial charge in [-0.15, -0.1) is 0 Å². The summed E-state index contributed by atoms with van der Waals surface area (Å²) in [5.74, 6) is -0.770. The van der Waals surface area contributed by atoms with Gasteiger partial charge in [0, 0.05) is 37.3 Å². The van der Waals surface area contributed by atoms with Crippen molar-refractivity contribution in [3.05, 3.63) is 75.3 Å². The molecule has 2 aromatic rings. The van der Waals surface area contributed by atoms with Gasteiger partial charge in [-0.3, -0.25) is 14.9 Å². The smallest absolute Gasteiger partial charge is 0.270 e. The lowest BCUT2D eigenvalue weighted by molar-refractivity contribution is -0.384. The van der Waals surface area contributed by atoms with Gasteiger partial charge >= 0.3 is 0 Å². The van der Waals surface area contributed by atoms with Crippen LogP contribution in [0.2, 0.25) is 0 Å². The Morgan fingerprint density at radius 1 is 1.15 bits per heavy atom. The fourth-order valence-electron chi connectivity index (χ4n) is 2.99. The average Bonchev–Trinajstić information content (AvgIpc) is 2.67. The van der Waals surface area contributed by atoms with E-state index in [1.807, 2.05) is 24.3 Å². The number of hydrogen-bond donors (Lipinski definition) is 1. The van der Waals surface area contributed by atoms with Gasteiger partial charge in [0.2, 0.25) is 10.0 Å². The van der Waals surface area contributed by atoms with Crippen LogP contribution >= 0.6 is 0 Å². The van der Waals surface area contributed by atoms with E-state index >= 15 is 0 Å². The lowest BCUT2D eigenvalue weighted by Gasteiger charge is -2.28. The van der Waals surface area contributed by atoms with Crippen molar-refractivity contribution < 1.29 is 18.1 Å². The van der Waals surface area contributed by atoms with E-state index in [9.17, 15) is 23.3 Å². The van der Waals surface area contributed by atoms with Crippen LogP contribution in [0, 0.1) is 10.1 Å². The van der Waals surface area contributed by atoms with E-state index in [2.05, 4.69) is 5.32 Å². The van der Waals surface area contributed by atoms with Gasteiger partial charge in [0.25, 0.3) is 11.6 Å². The maximum Gasteiger partial charge on any atom is 0.270 e. The minimum absolute atomic E-state index is 0.0675. The van der Waals surface area contributed by atoms with E-state index in [0.29, 0.717) is 19.5 Å². The van der Waals surface area contributed by atoms with Gasteiger partial charge in [-0.05, 0) is 23.6 Å². The van der Waals surface area contributed by atoms with Gasteiger partial charge in [0.1, 0.15) is 0 Å². The molecule has 2 aromatic carbocycles. The number of nitrogens with one attached hydrogen (secondary N) is 1. The van der Waals surface area contributed by atoms with Gasteiger partial charge in [-0.2, -0.15) is 4.31 Å². The predicted molar refractivity (Wildman–Crippen MR) is 99.8 cm³/mol. The van der Waals surface area contributed by atoms with Crippen LogP contribution in [-0.2, 0) is 23.0 Å². The summed E-state index contributed by atoms with van der Waals surface area (Å²) in [5.41, 5.74) is 2.08. The second kappa shape index (κ2) is 7.85. The molecule has 1 aliphatic rings. The van der Waals surface area contributed by atoms with Crippen LogP contribution in [0.1, 0.15) is 21.5 Å². The number of amides is 1. The molecular formula is C18H19N3O5S. The fourth-order valence-corrected chi connectivity index (χ4v) is 4.32. The second-order valence-corrected chi connectivity index (χ2v) is 8.32. The molecule has 0 spiro atoms. The topological polar surface area (TPSA) is 110 Å². The molecule has 1 N–H and O–H groups in total. The van der Waals surface area contributed by atoms with Gasteiger partial charge < -0.3 is 5.32 Å². The summed E-state index contributed by atoms with van der Waals surface area (Å²) in [6, 6.07) is 13.0. The summed E-state index contributed by atoms with van der Waals surface area (Å²) in [7, 11) is -3.52. The molecule has 0 saturated carbocycles. The molecular weight excluding hydrogens is 370 g/mol. The molecule has 27 heavy (non-hydrogen) atoms. The van der Waals surface area contributed by atoms with E-state index in [-0.39, 0.29) is 23.5 Å². The van der Waals surface area contributed by atoms with Gasteiger partial charge in [0.05, 0.1) is 10.7 Å². The number of non-ortho nitro benzene ring substituents is 1. The molecule has 3 rings (SSSR count). The summed E-state index contributed by atoms with van der Waals surface area (Å²) < 4.78 is 26.5. The molecule has 0 aromatic heterocycles. The zero-order valence-corrected chi connectivity index (χ0v) is 15.3. The molecule has 0 radical (unpaired) electrons. The Balaban J connectivity index is 1.57. The molecule has 1 aliphatic heterocycles. The highest BCUT2D eigenvalue weighted by Crippen LogP contribution is 2.21. The van der Waals surface area contributed by atoms with Crippen molar-refractivity contribution in [2.75, 3.05) is 18.8 Å². The lowest BCUT2D eigenvalue weighted by atomic mass is 10.0. The molecule has 142 valence electrons. The summed E-state index contributed by atoms with van der Waals surface area (Å²) in [5, 5.41) is 13.3. The molecule has 0 atom stereocenters. The van der Waals surface area contributed by atoms with Crippen molar-refractivity contribution in [1.29, 1.82) is 0 Å². The third-order valence-electron chi connectivity index (χ3n) is 4.45. The number of rotatable bonds is 6. The molecule has 0 aliphatic carbocycles. The highest BCUT2D eigenvalue weighted by molar-refractivity contribution is 7.89. The standard InChI is InChI=1S/C18H19N3O5S/c22-18(15-6-3-7-17(12-15)21(23)24)19-9-11-27(25,26)20-10-8-14-4-1-2-5-16(14)13-20/h1-7,12H,8-11,13H2,(H,19,22). The summed E-state index contributed by atoms with van der Waals surface area (Å²) in [6.07, 6.45) is 0.662. The van der Waals surface area contributed by atoms with Crippen LogP contribution in [0.3, 0.4) is 0 Å². The van der Waals surface area contributed by atoms with E-state index in [4.69, 9.17) is 0 Å². The first kappa shape index (κ1) is 19.0. The normalized spacial score (nSPS) is 14.4. The van der Waals surface area contributed by atoms with E-state index in [0.717, 1.165) is 17.2 Å². The van der Waals surface area contributed by atoms with Crippen LogP contribution < -0.4 is 5.32 Å². The molecule has 0 bridgehead atoms. The van der Waals surface area contributed by atoms with Crippen molar-refractivity contribution in [2.45, 2.75) is 13.0 Å². The van der Waals surface area contributed by atoms with Gasteiger partial charge in [-0.1, -0.05) is 30.3 Å². The highest BCUT2D eigenvalue weighted by Gasteiger charge is 2.26. The van der Waals surface area contributed by atoms with Crippen LogP contribution in [0.15, 0.2) is 48.5 Å². The quantitative estimate of drug-likeness (QED) is 0.597. The van der Waals surface area contributed by atoms with Gasteiger partial charge in [-0.25, -0.2) is 8.42 Å². The van der Waals surface area contributed by atoms with Crippen molar-refractivity contribution >= 4 is 21.6 Å². The monoisotopic (exact) mass is 389 g/mol. The first-order valence-electron chi connectivity index (χ1n) is 8.44. The number of benzene rings is 2. The largest absolute Gasteiger partial charge is 0.351 e. The van der Waals surface area contributed by atoms with Gasteiger partial charge in [0.15, 0.2) is 0 Å². The van der Waals surface area contributed by atoms with Crippen molar-refractivity contribution in [3.8, 4) is 0 Å². The van der Waals surface area contributed by atoms with Crippen LogP contribution in [0.5, 0.6) is 0 Å². The first-order valence-corrected chi connectivity index (χ1v) is 10.0. The number of hydrogen-bond acceptors (Lipinski definition) is 5. The Bertz CT molecular complexity index is 974. The highest BCUT2D eigenvalue weighted by atomic mass is 32.2. The minimum atomic E-state index is -3.52. The number of carbonyl (C=O) groups excluding carboxylic acids is 1. The molecule has 1 heterocycles. The molecule has 0 saturated heterocycles. The molecule has 9 heteroatoms. The van der Waals surface area contributed by atoms with Crippen molar-refractivity contribution in [2.24, 2.45) is 0 Å². The number of nitrogens with zero attached hydrogens (tertiary/aromatic N) is 2. The van der Waals surface area contributed by atoms with Crippen LogP contribution in [0.25, 0.3) is 0 Å².